The van der Waals surface area contributed by atoms with Crippen molar-refractivity contribution in [2.75, 3.05) is 0 Å². The molecule has 1 aliphatic rings. The van der Waals surface area contributed by atoms with Crippen LogP contribution in [-0.2, 0) is 5.41 Å². The Morgan fingerprint density at radius 3 is 1.83 bits per heavy atom. The van der Waals surface area contributed by atoms with Gasteiger partial charge in [0.15, 0.2) is 0 Å². The monoisotopic (exact) mass is 444 g/mol. The summed E-state index contributed by atoms with van der Waals surface area (Å²) in [5.41, 5.74) is 8.09. The highest BCUT2D eigenvalue weighted by Crippen LogP contribution is 2.50. The zero-order valence-electron chi connectivity index (χ0n) is 19.9. The van der Waals surface area contributed by atoms with Crippen LogP contribution >= 0.6 is 0 Å². The first-order chi connectivity index (χ1) is 17.1. The first-order valence-electron chi connectivity index (χ1n) is 12.5. The number of hydrogen-bond donors (Lipinski definition) is 0. The van der Waals surface area contributed by atoms with E-state index in [1.165, 1.54) is 76.5 Å². The Morgan fingerprint density at radius 1 is 0.429 bits per heavy atom. The van der Waals surface area contributed by atoms with E-state index in [9.17, 15) is 0 Å². The van der Waals surface area contributed by atoms with Crippen molar-refractivity contribution in [2.24, 2.45) is 0 Å². The van der Waals surface area contributed by atoms with Gasteiger partial charge >= 0.3 is 0 Å². The van der Waals surface area contributed by atoms with Gasteiger partial charge in [-0.2, -0.15) is 0 Å². The average molecular weight is 445 g/mol. The van der Waals surface area contributed by atoms with Gasteiger partial charge in [-0.05, 0) is 82.5 Å². The van der Waals surface area contributed by atoms with Crippen molar-refractivity contribution >= 4 is 43.1 Å². The SMILES string of the molecule is CC1(C)c2cc(-c3ccc4ccc5cccc6ccc3c4c56)ccc2-c2cccc3cccc1c23. The number of fused-ring (bicyclic) bond motifs is 2. The molecule has 0 unspecified atom stereocenters. The summed E-state index contributed by atoms with van der Waals surface area (Å²) in [6, 6.07) is 41.0. The quantitative estimate of drug-likeness (QED) is 0.221. The predicted octanol–water partition coefficient (Wildman–Crippen LogP) is 9.71. The number of hydrogen-bond acceptors (Lipinski definition) is 0. The Hall–Kier alpha value is -4.16. The van der Waals surface area contributed by atoms with Gasteiger partial charge in [-0.3, -0.25) is 0 Å². The fraction of sp³-hybridized carbons (Fsp3) is 0.0857. The van der Waals surface area contributed by atoms with Crippen LogP contribution in [0, 0.1) is 0 Å². The minimum Gasteiger partial charge on any atom is -0.0613 e. The van der Waals surface area contributed by atoms with E-state index in [0.29, 0.717) is 0 Å². The highest BCUT2D eigenvalue weighted by atomic mass is 14.4. The summed E-state index contributed by atoms with van der Waals surface area (Å²) in [7, 11) is 0. The van der Waals surface area contributed by atoms with E-state index in [4.69, 9.17) is 0 Å². The molecule has 0 heterocycles. The number of rotatable bonds is 1. The topological polar surface area (TPSA) is 0 Å². The lowest BCUT2D eigenvalue weighted by Crippen LogP contribution is -2.23. The minimum atomic E-state index is -0.0665. The Balaban J connectivity index is 1.43. The lowest BCUT2D eigenvalue weighted by Gasteiger charge is -2.35. The molecule has 0 atom stereocenters. The van der Waals surface area contributed by atoms with Gasteiger partial charge in [0.05, 0.1) is 0 Å². The second-order valence-electron chi connectivity index (χ2n) is 10.6. The van der Waals surface area contributed by atoms with E-state index in [1.54, 1.807) is 0 Å². The summed E-state index contributed by atoms with van der Waals surface area (Å²) >= 11 is 0. The molecule has 0 radical (unpaired) electrons. The second-order valence-corrected chi connectivity index (χ2v) is 10.6. The molecule has 35 heavy (non-hydrogen) atoms. The third-order valence-corrected chi connectivity index (χ3v) is 8.40. The zero-order chi connectivity index (χ0) is 23.3. The average Bonchev–Trinajstić information content (AvgIpc) is 2.90. The van der Waals surface area contributed by atoms with Crippen LogP contribution in [0.3, 0.4) is 0 Å². The molecule has 0 amide bonds. The Kier molecular flexibility index (Phi) is 3.56. The lowest BCUT2D eigenvalue weighted by atomic mass is 9.68. The standard InChI is InChI=1S/C35H24/c1-35(2)30-11-5-9-21-8-4-10-28(33(21)30)27-18-16-25(20-31(27)35)26-17-14-24-13-12-22-6-3-7-23-15-19-29(26)34(24)32(22)23/h3-20H,1-2H3. The molecule has 0 spiro atoms. The molecule has 164 valence electrons. The number of benzene rings is 7. The van der Waals surface area contributed by atoms with Crippen LogP contribution < -0.4 is 0 Å². The molecule has 0 heteroatoms. The molecule has 0 aliphatic heterocycles. The second kappa shape index (κ2) is 6.49. The summed E-state index contributed by atoms with van der Waals surface area (Å²) in [5, 5.41) is 10.8. The van der Waals surface area contributed by atoms with E-state index >= 15 is 0 Å². The van der Waals surface area contributed by atoms with Crippen LogP contribution in [-0.4, -0.2) is 0 Å². The molecule has 0 saturated carbocycles. The molecule has 0 nitrogen and oxygen atoms in total. The summed E-state index contributed by atoms with van der Waals surface area (Å²) in [6.45, 7) is 4.76. The molecule has 1 aliphatic carbocycles. The highest BCUT2D eigenvalue weighted by molar-refractivity contribution is 6.25. The van der Waals surface area contributed by atoms with Crippen LogP contribution in [0.25, 0.3) is 65.3 Å². The van der Waals surface area contributed by atoms with Gasteiger partial charge in [0.2, 0.25) is 0 Å². The van der Waals surface area contributed by atoms with Gasteiger partial charge in [-0.1, -0.05) is 117 Å². The van der Waals surface area contributed by atoms with Gasteiger partial charge in [0.1, 0.15) is 0 Å². The van der Waals surface area contributed by atoms with Gasteiger partial charge in [-0.25, -0.2) is 0 Å². The maximum atomic E-state index is 2.45. The van der Waals surface area contributed by atoms with E-state index in [0.717, 1.165) is 0 Å². The Labute approximate surface area is 204 Å². The van der Waals surface area contributed by atoms with Crippen LogP contribution in [0.1, 0.15) is 25.0 Å². The maximum Gasteiger partial charge on any atom is 0.0159 e. The molecule has 7 aromatic carbocycles. The van der Waals surface area contributed by atoms with Gasteiger partial charge in [-0.15, -0.1) is 0 Å². The van der Waals surface area contributed by atoms with E-state index in [2.05, 4.69) is 123 Å². The van der Waals surface area contributed by atoms with Crippen LogP contribution in [0.15, 0.2) is 109 Å². The smallest absolute Gasteiger partial charge is 0.0159 e. The summed E-state index contributed by atoms with van der Waals surface area (Å²) < 4.78 is 0. The Morgan fingerprint density at radius 2 is 1.03 bits per heavy atom. The molecular formula is C35H24. The van der Waals surface area contributed by atoms with Crippen LogP contribution in [0.5, 0.6) is 0 Å². The fourth-order valence-electron chi connectivity index (χ4n) is 6.68. The van der Waals surface area contributed by atoms with E-state index in [1.807, 2.05) is 0 Å². The third kappa shape index (κ3) is 2.42. The van der Waals surface area contributed by atoms with E-state index < -0.39 is 0 Å². The van der Waals surface area contributed by atoms with Crippen molar-refractivity contribution in [3.63, 3.8) is 0 Å². The normalized spacial score (nSPS) is 14.2. The Bertz CT molecular complexity index is 1950. The molecular weight excluding hydrogens is 420 g/mol. The fourth-order valence-corrected chi connectivity index (χ4v) is 6.68. The lowest BCUT2D eigenvalue weighted by molar-refractivity contribution is 0.645. The van der Waals surface area contributed by atoms with Crippen molar-refractivity contribution in [3.8, 4) is 22.3 Å². The first kappa shape index (κ1) is 19.2. The highest BCUT2D eigenvalue weighted by Gasteiger charge is 2.33. The van der Waals surface area contributed by atoms with E-state index in [-0.39, 0.29) is 5.41 Å². The van der Waals surface area contributed by atoms with Crippen molar-refractivity contribution in [2.45, 2.75) is 19.3 Å². The van der Waals surface area contributed by atoms with Gasteiger partial charge in [0, 0.05) is 5.41 Å². The summed E-state index contributed by atoms with van der Waals surface area (Å²) in [4.78, 5) is 0. The molecule has 0 bridgehead atoms. The predicted molar refractivity (Wildman–Crippen MR) is 151 cm³/mol. The van der Waals surface area contributed by atoms with Crippen molar-refractivity contribution in [1.82, 2.24) is 0 Å². The van der Waals surface area contributed by atoms with Crippen LogP contribution in [0.2, 0.25) is 0 Å². The van der Waals surface area contributed by atoms with Crippen molar-refractivity contribution in [1.29, 1.82) is 0 Å². The van der Waals surface area contributed by atoms with Gasteiger partial charge in [0.25, 0.3) is 0 Å². The molecule has 0 saturated heterocycles. The summed E-state index contributed by atoms with van der Waals surface area (Å²) in [6.07, 6.45) is 0. The molecule has 0 fully saturated rings. The molecule has 0 N–H and O–H groups in total. The van der Waals surface area contributed by atoms with Crippen molar-refractivity contribution < 1.29 is 0 Å². The minimum absolute atomic E-state index is 0.0665. The maximum absolute atomic E-state index is 2.45. The first-order valence-corrected chi connectivity index (χ1v) is 12.5. The molecule has 8 rings (SSSR count). The summed E-state index contributed by atoms with van der Waals surface area (Å²) in [5.74, 6) is 0. The van der Waals surface area contributed by atoms with Crippen molar-refractivity contribution in [3.05, 3.63) is 120 Å². The molecule has 0 aromatic heterocycles. The largest absolute Gasteiger partial charge is 0.0613 e. The third-order valence-electron chi connectivity index (χ3n) is 8.40. The van der Waals surface area contributed by atoms with Crippen LogP contribution in [0.4, 0.5) is 0 Å². The van der Waals surface area contributed by atoms with Gasteiger partial charge < -0.3 is 0 Å². The zero-order valence-corrected chi connectivity index (χ0v) is 19.9. The molecule has 7 aromatic rings.